The molecule has 0 radical (unpaired) electrons. The van der Waals surface area contributed by atoms with Crippen molar-refractivity contribution in [3.8, 4) is 0 Å². The first-order valence-corrected chi connectivity index (χ1v) is 9.87. The number of amides is 1. The van der Waals surface area contributed by atoms with E-state index < -0.39 is 10.0 Å². The maximum absolute atomic E-state index is 12.0. The molecule has 1 saturated heterocycles. The molecular formula is C12H24N2O4S2. The fraction of sp³-hybridized carbons (Fsp3) is 0.917. The minimum absolute atomic E-state index is 0.0545. The van der Waals surface area contributed by atoms with Crippen LogP contribution in [0, 0.1) is 5.92 Å². The fourth-order valence-electron chi connectivity index (χ4n) is 2.12. The summed E-state index contributed by atoms with van der Waals surface area (Å²) in [6, 6.07) is 0. The second kappa shape index (κ2) is 8.86. The number of nitrogens with one attached hydrogen (secondary N) is 1. The highest BCUT2D eigenvalue weighted by atomic mass is 32.2. The van der Waals surface area contributed by atoms with Crippen LogP contribution in [0.5, 0.6) is 0 Å². The molecule has 0 aromatic carbocycles. The molecule has 6 nitrogen and oxygen atoms in total. The Morgan fingerprint density at radius 2 is 2.20 bits per heavy atom. The zero-order valence-corrected chi connectivity index (χ0v) is 13.5. The highest BCUT2D eigenvalue weighted by Gasteiger charge is 2.29. The van der Waals surface area contributed by atoms with Gasteiger partial charge in [0.1, 0.15) is 0 Å². The van der Waals surface area contributed by atoms with Gasteiger partial charge in [0, 0.05) is 32.0 Å². The van der Waals surface area contributed by atoms with Crippen LogP contribution in [0.2, 0.25) is 0 Å². The third-order valence-electron chi connectivity index (χ3n) is 3.22. The zero-order chi connectivity index (χ0) is 15.0. The van der Waals surface area contributed by atoms with Crippen LogP contribution in [0.15, 0.2) is 0 Å². The number of carbonyl (C=O) groups excluding carboxylic acids is 1. The summed E-state index contributed by atoms with van der Waals surface area (Å²) in [6.07, 6.45) is 3.43. The van der Waals surface area contributed by atoms with Crippen molar-refractivity contribution in [2.75, 3.05) is 44.0 Å². The Kier molecular flexibility index (Phi) is 7.86. The van der Waals surface area contributed by atoms with Gasteiger partial charge in [-0.1, -0.05) is 0 Å². The number of hydrogen-bond acceptors (Lipinski definition) is 5. The average molecular weight is 324 g/mol. The molecule has 2 N–H and O–H groups in total. The lowest BCUT2D eigenvalue weighted by molar-refractivity contribution is -0.125. The topological polar surface area (TPSA) is 86.7 Å². The first-order chi connectivity index (χ1) is 9.45. The SMILES string of the molecule is CS(=O)(=O)N1CCCC(C(=O)NCCSCCCO)C1. The molecule has 1 fully saturated rings. The predicted molar refractivity (Wildman–Crippen MR) is 81.2 cm³/mol. The van der Waals surface area contributed by atoms with Crippen molar-refractivity contribution in [3.63, 3.8) is 0 Å². The summed E-state index contributed by atoms with van der Waals surface area (Å²) in [4.78, 5) is 12.0. The van der Waals surface area contributed by atoms with E-state index in [9.17, 15) is 13.2 Å². The van der Waals surface area contributed by atoms with Crippen molar-refractivity contribution >= 4 is 27.7 Å². The number of sulfonamides is 1. The number of rotatable bonds is 8. The van der Waals surface area contributed by atoms with E-state index in [1.54, 1.807) is 11.8 Å². The van der Waals surface area contributed by atoms with E-state index in [-0.39, 0.29) is 18.4 Å². The number of hydrogen-bond donors (Lipinski definition) is 2. The van der Waals surface area contributed by atoms with Gasteiger partial charge in [0.15, 0.2) is 0 Å². The molecule has 1 rings (SSSR count). The smallest absolute Gasteiger partial charge is 0.224 e. The monoisotopic (exact) mass is 324 g/mol. The van der Waals surface area contributed by atoms with Gasteiger partial charge in [0.05, 0.1) is 12.2 Å². The lowest BCUT2D eigenvalue weighted by Crippen LogP contribution is -2.45. The highest BCUT2D eigenvalue weighted by molar-refractivity contribution is 7.99. The Balaban J connectivity index is 2.26. The first kappa shape index (κ1) is 17.7. The lowest BCUT2D eigenvalue weighted by atomic mass is 9.99. The van der Waals surface area contributed by atoms with Crippen molar-refractivity contribution < 1.29 is 18.3 Å². The molecule has 20 heavy (non-hydrogen) atoms. The number of piperidine rings is 1. The van der Waals surface area contributed by atoms with Crippen molar-refractivity contribution in [2.45, 2.75) is 19.3 Å². The summed E-state index contributed by atoms with van der Waals surface area (Å²) in [5, 5.41) is 11.5. The Labute approximate surface area is 125 Å². The maximum Gasteiger partial charge on any atom is 0.224 e. The second-order valence-corrected chi connectivity index (χ2v) is 8.15. The molecule has 0 bridgehead atoms. The van der Waals surface area contributed by atoms with Crippen molar-refractivity contribution in [1.82, 2.24) is 9.62 Å². The number of aliphatic hydroxyl groups excluding tert-OH is 1. The molecule has 1 aliphatic rings. The fourth-order valence-corrected chi connectivity index (χ4v) is 3.81. The van der Waals surface area contributed by atoms with Crippen molar-refractivity contribution in [2.24, 2.45) is 5.92 Å². The van der Waals surface area contributed by atoms with Crippen molar-refractivity contribution in [1.29, 1.82) is 0 Å². The second-order valence-electron chi connectivity index (χ2n) is 4.94. The third-order valence-corrected chi connectivity index (χ3v) is 5.56. The molecule has 0 aliphatic carbocycles. The van der Waals surface area contributed by atoms with Gasteiger partial charge in [-0.2, -0.15) is 11.8 Å². The van der Waals surface area contributed by atoms with Crippen LogP contribution in [-0.2, 0) is 14.8 Å². The molecule has 0 spiro atoms. The summed E-state index contributed by atoms with van der Waals surface area (Å²) in [5.41, 5.74) is 0. The minimum atomic E-state index is -3.20. The first-order valence-electron chi connectivity index (χ1n) is 6.86. The Hall–Kier alpha value is -0.310. The van der Waals surface area contributed by atoms with Crippen LogP contribution < -0.4 is 5.32 Å². The quantitative estimate of drug-likeness (QED) is 0.608. The highest BCUT2D eigenvalue weighted by Crippen LogP contribution is 2.18. The maximum atomic E-state index is 12.0. The van der Waals surface area contributed by atoms with Crippen molar-refractivity contribution in [3.05, 3.63) is 0 Å². The molecular weight excluding hydrogens is 300 g/mol. The van der Waals surface area contributed by atoms with E-state index in [0.717, 1.165) is 30.8 Å². The molecule has 1 aliphatic heterocycles. The van der Waals surface area contributed by atoms with E-state index in [2.05, 4.69) is 5.32 Å². The van der Waals surface area contributed by atoms with Gasteiger partial charge in [-0.25, -0.2) is 12.7 Å². The van der Waals surface area contributed by atoms with Gasteiger partial charge in [-0.3, -0.25) is 4.79 Å². The van der Waals surface area contributed by atoms with Gasteiger partial charge in [0.2, 0.25) is 15.9 Å². The molecule has 1 amide bonds. The van der Waals surface area contributed by atoms with E-state index in [4.69, 9.17) is 5.11 Å². The van der Waals surface area contributed by atoms with Crippen LogP contribution >= 0.6 is 11.8 Å². The zero-order valence-electron chi connectivity index (χ0n) is 11.9. The summed E-state index contributed by atoms with van der Waals surface area (Å²) in [6.45, 7) is 1.59. The minimum Gasteiger partial charge on any atom is -0.396 e. The van der Waals surface area contributed by atoms with E-state index >= 15 is 0 Å². The summed E-state index contributed by atoms with van der Waals surface area (Å²) in [5.74, 6) is 1.41. The van der Waals surface area contributed by atoms with Gasteiger partial charge in [0.25, 0.3) is 0 Å². The molecule has 0 aromatic rings. The Morgan fingerprint density at radius 3 is 2.85 bits per heavy atom. The average Bonchev–Trinajstić information content (AvgIpc) is 2.41. The Morgan fingerprint density at radius 1 is 1.45 bits per heavy atom. The van der Waals surface area contributed by atoms with Gasteiger partial charge in [-0.05, 0) is 25.0 Å². The third kappa shape index (κ3) is 6.43. The van der Waals surface area contributed by atoms with Crippen LogP contribution in [0.25, 0.3) is 0 Å². The van der Waals surface area contributed by atoms with Gasteiger partial charge in [-0.15, -0.1) is 0 Å². The van der Waals surface area contributed by atoms with Gasteiger partial charge < -0.3 is 10.4 Å². The molecule has 0 aromatic heterocycles. The molecule has 0 saturated carbocycles. The molecule has 1 atom stereocenters. The molecule has 1 heterocycles. The Bertz CT molecular complexity index is 400. The van der Waals surface area contributed by atoms with E-state index in [1.807, 2.05) is 0 Å². The standard InChI is InChI=1S/C12H24N2O4S2/c1-20(17,18)14-6-2-4-11(10-14)12(16)13-5-9-19-8-3-7-15/h11,15H,2-10H2,1H3,(H,13,16). The number of aliphatic hydroxyl groups is 1. The number of thioether (sulfide) groups is 1. The summed E-state index contributed by atoms with van der Waals surface area (Å²) in [7, 11) is -3.20. The lowest BCUT2D eigenvalue weighted by Gasteiger charge is -2.30. The van der Waals surface area contributed by atoms with E-state index in [1.165, 1.54) is 10.6 Å². The van der Waals surface area contributed by atoms with Gasteiger partial charge >= 0.3 is 0 Å². The summed E-state index contributed by atoms with van der Waals surface area (Å²) >= 11 is 1.69. The molecule has 8 heteroatoms. The van der Waals surface area contributed by atoms with Crippen LogP contribution in [-0.4, -0.2) is 67.7 Å². The van der Waals surface area contributed by atoms with Crippen LogP contribution in [0.4, 0.5) is 0 Å². The molecule has 1 unspecified atom stereocenters. The normalized spacial score (nSPS) is 20.8. The number of carbonyl (C=O) groups is 1. The van der Waals surface area contributed by atoms with Crippen LogP contribution in [0.1, 0.15) is 19.3 Å². The number of nitrogens with zero attached hydrogens (tertiary/aromatic N) is 1. The molecule has 118 valence electrons. The van der Waals surface area contributed by atoms with E-state index in [0.29, 0.717) is 19.6 Å². The largest absolute Gasteiger partial charge is 0.396 e. The summed E-state index contributed by atoms with van der Waals surface area (Å²) < 4.78 is 24.4. The van der Waals surface area contributed by atoms with Crippen LogP contribution in [0.3, 0.4) is 0 Å². The predicted octanol–water partition coefficient (Wildman–Crippen LogP) is -0.110.